The third-order valence-corrected chi connectivity index (χ3v) is 5.42. The van der Waals surface area contributed by atoms with E-state index < -0.39 is 29.9 Å². The molecule has 34 heavy (non-hydrogen) atoms. The molecule has 1 heterocycles. The first kappa shape index (κ1) is 22.8. The van der Waals surface area contributed by atoms with Crippen LogP contribution in [0.15, 0.2) is 78.9 Å². The Labute approximate surface area is 196 Å². The molecule has 0 unspecified atom stereocenters. The third-order valence-electron chi connectivity index (χ3n) is 5.42. The Morgan fingerprint density at radius 1 is 0.765 bits per heavy atom. The fourth-order valence-corrected chi connectivity index (χ4v) is 3.66. The van der Waals surface area contributed by atoms with Crippen LogP contribution in [-0.2, 0) is 22.4 Å². The zero-order chi connectivity index (χ0) is 23.9. The van der Waals surface area contributed by atoms with Crippen LogP contribution in [0.25, 0.3) is 0 Å². The summed E-state index contributed by atoms with van der Waals surface area (Å²) in [6, 6.07) is 20.3. The van der Waals surface area contributed by atoms with Crippen LogP contribution in [0.5, 0.6) is 11.5 Å². The number of carboxylic acids is 1. The van der Waals surface area contributed by atoms with Crippen molar-refractivity contribution in [3.05, 3.63) is 95.6 Å². The van der Waals surface area contributed by atoms with Gasteiger partial charge in [0.2, 0.25) is 12.7 Å². The predicted molar refractivity (Wildman–Crippen MR) is 121 cm³/mol. The summed E-state index contributed by atoms with van der Waals surface area (Å²) in [5.74, 6) is -1.35. The number of ether oxygens (including phenoxy) is 2. The topological polar surface area (TPSA) is 117 Å². The Morgan fingerprint density at radius 2 is 1.41 bits per heavy atom. The molecule has 2 N–H and O–H groups in total. The van der Waals surface area contributed by atoms with Crippen molar-refractivity contribution in [3.63, 3.8) is 0 Å². The van der Waals surface area contributed by atoms with Crippen LogP contribution >= 0.6 is 0 Å². The molecule has 2 atom stereocenters. The number of nitrogens with one attached hydrogen (secondary N) is 2. The molecule has 0 aliphatic carbocycles. The lowest BCUT2D eigenvalue weighted by atomic mass is 10.0. The summed E-state index contributed by atoms with van der Waals surface area (Å²) in [4.78, 5) is 37.7. The van der Waals surface area contributed by atoms with E-state index >= 15 is 0 Å². The molecule has 0 fully saturated rings. The van der Waals surface area contributed by atoms with Gasteiger partial charge in [0.15, 0.2) is 11.5 Å². The maximum absolute atomic E-state index is 13.2. The van der Waals surface area contributed by atoms with Crippen LogP contribution < -0.4 is 25.2 Å². The Kier molecular flexibility index (Phi) is 7.07. The van der Waals surface area contributed by atoms with Crippen molar-refractivity contribution in [1.29, 1.82) is 0 Å². The second-order valence-corrected chi connectivity index (χ2v) is 7.85. The molecule has 8 heteroatoms. The van der Waals surface area contributed by atoms with Crippen molar-refractivity contribution in [1.82, 2.24) is 10.6 Å². The molecule has 1 aliphatic heterocycles. The highest BCUT2D eigenvalue weighted by molar-refractivity contribution is 5.98. The summed E-state index contributed by atoms with van der Waals surface area (Å²) in [5.41, 5.74) is 1.83. The molecule has 0 saturated carbocycles. The molecule has 4 rings (SSSR count). The largest absolute Gasteiger partial charge is 0.548 e. The lowest BCUT2D eigenvalue weighted by molar-refractivity contribution is -0.308. The molecule has 8 nitrogen and oxygen atoms in total. The van der Waals surface area contributed by atoms with E-state index in [9.17, 15) is 19.5 Å². The van der Waals surface area contributed by atoms with E-state index in [1.54, 1.807) is 72.8 Å². The van der Waals surface area contributed by atoms with Crippen LogP contribution in [-0.4, -0.2) is 36.7 Å². The maximum atomic E-state index is 13.2. The van der Waals surface area contributed by atoms with Gasteiger partial charge in [-0.1, -0.05) is 54.6 Å². The van der Waals surface area contributed by atoms with E-state index in [1.165, 1.54) is 0 Å². The highest BCUT2D eigenvalue weighted by Crippen LogP contribution is 2.32. The van der Waals surface area contributed by atoms with Gasteiger partial charge in [0.1, 0.15) is 6.04 Å². The van der Waals surface area contributed by atoms with Crippen molar-refractivity contribution in [2.45, 2.75) is 24.9 Å². The minimum absolute atomic E-state index is 0.0539. The van der Waals surface area contributed by atoms with E-state index in [0.29, 0.717) is 22.6 Å². The van der Waals surface area contributed by atoms with Gasteiger partial charge in [0, 0.05) is 12.0 Å². The lowest BCUT2D eigenvalue weighted by Gasteiger charge is -2.24. The predicted octanol–water partition coefficient (Wildman–Crippen LogP) is 1.23. The second kappa shape index (κ2) is 10.5. The van der Waals surface area contributed by atoms with E-state index in [2.05, 4.69) is 10.6 Å². The minimum atomic E-state index is -1.41. The fourth-order valence-electron chi connectivity index (χ4n) is 3.66. The molecule has 0 radical (unpaired) electrons. The van der Waals surface area contributed by atoms with Crippen molar-refractivity contribution >= 4 is 17.8 Å². The SMILES string of the molecule is O=C(N[C@H](Cc1ccc2c(c1)OCO2)C(=O)N[C@@H](Cc1ccccc1)C(=O)[O-])c1ccccc1. The number of fused-ring (bicyclic) bond motifs is 1. The molecule has 3 aromatic carbocycles. The minimum Gasteiger partial charge on any atom is -0.548 e. The van der Waals surface area contributed by atoms with Crippen molar-refractivity contribution in [2.75, 3.05) is 6.79 Å². The van der Waals surface area contributed by atoms with Gasteiger partial charge in [-0.2, -0.15) is 0 Å². The van der Waals surface area contributed by atoms with Crippen molar-refractivity contribution in [3.8, 4) is 11.5 Å². The van der Waals surface area contributed by atoms with Crippen LogP contribution in [0.1, 0.15) is 21.5 Å². The van der Waals surface area contributed by atoms with Gasteiger partial charge < -0.3 is 30.0 Å². The molecule has 0 bridgehead atoms. The van der Waals surface area contributed by atoms with E-state index in [1.807, 2.05) is 6.07 Å². The first-order chi connectivity index (χ1) is 16.5. The molecule has 0 spiro atoms. The van der Waals surface area contributed by atoms with E-state index in [0.717, 1.165) is 5.56 Å². The normalized spacial score (nSPS) is 13.5. The molecule has 0 saturated heterocycles. The van der Waals surface area contributed by atoms with Gasteiger partial charge in [-0.3, -0.25) is 9.59 Å². The average Bonchev–Trinajstić information content (AvgIpc) is 3.32. The summed E-state index contributed by atoms with van der Waals surface area (Å²) in [7, 11) is 0. The number of benzene rings is 3. The number of carbonyl (C=O) groups is 3. The highest BCUT2D eigenvalue weighted by Gasteiger charge is 2.26. The summed E-state index contributed by atoms with van der Waals surface area (Å²) in [5, 5.41) is 17.0. The Morgan fingerprint density at radius 3 is 2.12 bits per heavy atom. The number of aliphatic carboxylic acids is 1. The summed E-state index contributed by atoms with van der Waals surface area (Å²) < 4.78 is 10.7. The highest BCUT2D eigenvalue weighted by atomic mass is 16.7. The second-order valence-electron chi connectivity index (χ2n) is 7.85. The van der Waals surface area contributed by atoms with Gasteiger partial charge in [-0.05, 0) is 41.8 Å². The Balaban J connectivity index is 1.53. The van der Waals surface area contributed by atoms with Crippen molar-refractivity contribution < 1.29 is 29.0 Å². The number of hydrogen-bond donors (Lipinski definition) is 2. The average molecular weight is 459 g/mol. The molecule has 0 aromatic heterocycles. The van der Waals surface area contributed by atoms with Gasteiger partial charge in [-0.15, -0.1) is 0 Å². The van der Waals surface area contributed by atoms with Gasteiger partial charge >= 0.3 is 0 Å². The monoisotopic (exact) mass is 459 g/mol. The summed E-state index contributed by atoms with van der Waals surface area (Å²) >= 11 is 0. The molecule has 2 amide bonds. The quantitative estimate of drug-likeness (QED) is 0.497. The first-order valence-electron chi connectivity index (χ1n) is 10.8. The van der Waals surface area contributed by atoms with Crippen LogP contribution in [0.2, 0.25) is 0 Å². The molecular formula is C26H23N2O6-. The standard InChI is InChI=1S/C26H24N2O6/c29-24(19-9-5-2-6-10-19)27-20(14-18-11-12-22-23(15-18)34-16-33-22)25(30)28-21(26(31)32)13-17-7-3-1-4-8-17/h1-12,15,20-21H,13-14,16H2,(H,27,29)(H,28,30)(H,31,32)/p-1/t20-,21+/m1/s1. The maximum Gasteiger partial charge on any atom is 0.251 e. The third kappa shape index (κ3) is 5.72. The first-order valence-corrected chi connectivity index (χ1v) is 10.8. The van der Waals surface area contributed by atoms with Gasteiger partial charge in [0.05, 0.1) is 12.0 Å². The number of rotatable bonds is 9. The van der Waals surface area contributed by atoms with E-state index in [4.69, 9.17) is 9.47 Å². The molecule has 174 valence electrons. The zero-order valence-electron chi connectivity index (χ0n) is 18.2. The van der Waals surface area contributed by atoms with Crippen LogP contribution in [0.4, 0.5) is 0 Å². The molecule has 3 aromatic rings. The number of carboxylic acid groups (broad SMARTS) is 1. The smallest absolute Gasteiger partial charge is 0.251 e. The van der Waals surface area contributed by atoms with Crippen LogP contribution in [0.3, 0.4) is 0 Å². The van der Waals surface area contributed by atoms with Crippen molar-refractivity contribution in [2.24, 2.45) is 0 Å². The summed E-state index contributed by atoms with van der Waals surface area (Å²) in [6.07, 6.45) is 0.171. The fraction of sp³-hybridized carbons (Fsp3) is 0.192. The summed E-state index contributed by atoms with van der Waals surface area (Å²) in [6.45, 7) is 0.111. The van der Waals surface area contributed by atoms with E-state index in [-0.39, 0.29) is 19.6 Å². The molecular weight excluding hydrogens is 436 g/mol. The lowest BCUT2D eigenvalue weighted by Crippen LogP contribution is -2.55. The Hall–Kier alpha value is -4.33. The molecule has 1 aliphatic rings. The number of hydrogen-bond acceptors (Lipinski definition) is 6. The number of amides is 2. The van der Waals surface area contributed by atoms with Gasteiger partial charge in [-0.25, -0.2) is 0 Å². The zero-order valence-corrected chi connectivity index (χ0v) is 18.2. The Bertz CT molecular complexity index is 1170. The van der Waals surface area contributed by atoms with Crippen LogP contribution in [0, 0.1) is 0 Å². The van der Waals surface area contributed by atoms with Gasteiger partial charge in [0.25, 0.3) is 5.91 Å². The number of carbonyl (C=O) groups excluding carboxylic acids is 3.